The van der Waals surface area contributed by atoms with Gasteiger partial charge in [-0.25, -0.2) is 0 Å². The topological polar surface area (TPSA) is 12.0 Å². The summed E-state index contributed by atoms with van der Waals surface area (Å²) in [6.45, 7) is 0. The molecule has 1 aliphatic carbocycles. The summed E-state index contributed by atoms with van der Waals surface area (Å²) in [6.07, 6.45) is 15.0. The second-order valence-electron chi connectivity index (χ2n) is 4.10. The molecule has 1 aliphatic rings. The lowest BCUT2D eigenvalue weighted by molar-refractivity contribution is 0.396. The average Bonchev–Trinajstić information content (AvgIpc) is 2.42. The van der Waals surface area contributed by atoms with Crippen molar-refractivity contribution >= 4 is 0 Å². The van der Waals surface area contributed by atoms with Gasteiger partial charge in [-0.1, -0.05) is 44.4 Å². The molecule has 0 aliphatic heterocycles. The van der Waals surface area contributed by atoms with Crippen LogP contribution in [0.15, 0.2) is 0 Å². The van der Waals surface area contributed by atoms with Crippen molar-refractivity contribution in [1.29, 1.82) is 0 Å². The summed E-state index contributed by atoms with van der Waals surface area (Å²) in [5, 5.41) is 3.18. The van der Waals surface area contributed by atoms with Crippen molar-refractivity contribution in [3.63, 3.8) is 0 Å². The van der Waals surface area contributed by atoms with Gasteiger partial charge in [-0.15, -0.1) is 6.42 Å². The maximum atomic E-state index is 5.43. The normalized spacial score (nSPS) is 21.8. The molecule has 1 heteroatoms. The van der Waals surface area contributed by atoms with Crippen molar-refractivity contribution in [2.24, 2.45) is 5.92 Å². The van der Waals surface area contributed by atoms with Gasteiger partial charge in [0.25, 0.3) is 0 Å². The molecule has 1 fully saturated rings. The van der Waals surface area contributed by atoms with Gasteiger partial charge in [0.1, 0.15) is 0 Å². The SMILES string of the molecule is C#CC(CC1CCCCCC1)NC. The molecule has 0 aromatic rings. The minimum atomic E-state index is 0.295. The minimum absolute atomic E-state index is 0.295. The van der Waals surface area contributed by atoms with Crippen LogP contribution >= 0.6 is 0 Å². The predicted octanol–water partition coefficient (Wildman–Crippen LogP) is 2.57. The highest BCUT2D eigenvalue weighted by atomic mass is 14.9. The lowest BCUT2D eigenvalue weighted by Gasteiger charge is -2.17. The van der Waals surface area contributed by atoms with Gasteiger partial charge in [0.2, 0.25) is 0 Å². The Bertz CT molecular complexity index is 160. The molecular weight excluding hydrogens is 158 g/mol. The number of rotatable bonds is 3. The molecule has 1 saturated carbocycles. The molecule has 0 amide bonds. The Labute approximate surface area is 82.3 Å². The maximum Gasteiger partial charge on any atom is 0.0687 e. The fraction of sp³-hybridized carbons (Fsp3) is 0.833. The highest BCUT2D eigenvalue weighted by Crippen LogP contribution is 2.26. The molecule has 0 bridgehead atoms. The summed E-state index contributed by atoms with van der Waals surface area (Å²) in [5.41, 5.74) is 0. The summed E-state index contributed by atoms with van der Waals surface area (Å²) >= 11 is 0. The Morgan fingerprint density at radius 3 is 2.38 bits per heavy atom. The van der Waals surface area contributed by atoms with E-state index in [1.54, 1.807) is 0 Å². The van der Waals surface area contributed by atoms with Crippen LogP contribution in [0.1, 0.15) is 44.9 Å². The Morgan fingerprint density at radius 1 is 1.31 bits per heavy atom. The number of hydrogen-bond donors (Lipinski definition) is 1. The molecule has 1 unspecified atom stereocenters. The van der Waals surface area contributed by atoms with E-state index in [4.69, 9.17) is 6.42 Å². The summed E-state index contributed by atoms with van der Waals surface area (Å²) in [5.74, 6) is 3.68. The standard InChI is InChI=1S/C12H21N/c1-3-12(13-2)10-11-8-6-4-5-7-9-11/h1,11-13H,4-10H2,2H3. The molecule has 1 nitrogen and oxygen atoms in total. The van der Waals surface area contributed by atoms with E-state index in [2.05, 4.69) is 11.2 Å². The van der Waals surface area contributed by atoms with Gasteiger partial charge < -0.3 is 5.32 Å². The Balaban J connectivity index is 2.29. The van der Waals surface area contributed by atoms with E-state index in [0.717, 1.165) is 5.92 Å². The molecule has 0 radical (unpaired) electrons. The van der Waals surface area contributed by atoms with E-state index >= 15 is 0 Å². The Hall–Kier alpha value is -0.480. The third-order valence-electron chi connectivity index (χ3n) is 3.09. The van der Waals surface area contributed by atoms with Crippen LogP contribution in [0, 0.1) is 18.3 Å². The predicted molar refractivity (Wildman–Crippen MR) is 57.5 cm³/mol. The fourth-order valence-electron chi connectivity index (χ4n) is 2.20. The highest BCUT2D eigenvalue weighted by Gasteiger charge is 2.15. The number of nitrogens with one attached hydrogen (secondary N) is 1. The first-order chi connectivity index (χ1) is 6.36. The van der Waals surface area contributed by atoms with Crippen molar-refractivity contribution in [3.05, 3.63) is 0 Å². The maximum absolute atomic E-state index is 5.43. The monoisotopic (exact) mass is 179 g/mol. The number of hydrogen-bond acceptors (Lipinski definition) is 1. The van der Waals surface area contributed by atoms with Crippen molar-refractivity contribution < 1.29 is 0 Å². The van der Waals surface area contributed by atoms with Gasteiger partial charge in [-0.3, -0.25) is 0 Å². The molecule has 0 aromatic carbocycles. The van der Waals surface area contributed by atoms with Crippen LogP contribution in [0.2, 0.25) is 0 Å². The first-order valence-electron chi connectivity index (χ1n) is 5.50. The zero-order chi connectivity index (χ0) is 9.52. The molecular formula is C12H21N. The van der Waals surface area contributed by atoms with Crippen molar-refractivity contribution in [2.75, 3.05) is 7.05 Å². The van der Waals surface area contributed by atoms with Crippen molar-refractivity contribution in [2.45, 2.75) is 51.0 Å². The van der Waals surface area contributed by atoms with Gasteiger partial charge in [0.15, 0.2) is 0 Å². The van der Waals surface area contributed by atoms with E-state index in [0.29, 0.717) is 6.04 Å². The second-order valence-corrected chi connectivity index (χ2v) is 4.10. The van der Waals surface area contributed by atoms with E-state index in [9.17, 15) is 0 Å². The zero-order valence-corrected chi connectivity index (χ0v) is 8.68. The molecule has 0 heterocycles. The van der Waals surface area contributed by atoms with Crippen LogP contribution in [-0.4, -0.2) is 13.1 Å². The second kappa shape index (κ2) is 6.05. The Kier molecular flexibility index (Phi) is 4.93. The Morgan fingerprint density at radius 2 is 1.92 bits per heavy atom. The van der Waals surface area contributed by atoms with Crippen LogP contribution in [-0.2, 0) is 0 Å². The summed E-state index contributed by atoms with van der Waals surface area (Å²) < 4.78 is 0. The van der Waals surface area contributed by atoms with Crippen molar-refractivity contribution in [1.82, 2.24) is 5.32 Å². The summed E-state index contributed by atoms with van der Waals surface area (Å²) in [7, 11) is 1.96. The van der Waals surface area contributed by atoms with Crippen molar-refractivity contribution in [3.8, 4) is 12.3 Å². The van der Waals surface area contributed by atoms with Gasteiger partial charge in [0, 0.05) is 0 Å². The smallest absolute Gasteiger partial charge is 0.0687 e. The molecule has 0 aromatic heterocycles. The van der Waals surface area contributed by atoms with Crippen LogP contribution < -0.4 is 5.32 Å². The average molecular weight is 179 g/mol. The first kappa shape index (κ1) is 10.6. The summed E-state index contributed by atoms with van der Waals surface area (Å²) in [6, 6.07) is 0.295. The fourth-order valence-corrected chi connectivity index (χ4v) is 2.20. The third-order valence-corrected chi connectivity index (χ3v) is 3.09. The van der Waals surface area contributed by atoms with E-state index in [1.807, 2.05) is 7.05 Å². The molecule has 1 atom stereocenters. The first-order valence-corrected chi connectivity index (χ1v) is 5.50. The van der Waals surface area contributed by atoms with Gasteiger partial charge in [0.05, 0.1) is 6.04 Å². The van der Waals surface area contributed by atoms with Gasteiger partial charge >= 0.3 is 0 Å². The quantitative estimate of drug-likeness (QED) is 0.518. The zero-order valence-electron chi connectivity index (χ0n) is 8.68. The molecule has 0 saturated heterocycles. The molecule has 1 N–H and O–H groups in total. The van der Waals surface area contributed by atoms with Gasteiger partial charge in [-0.2, -0.15) is 0 Å². The van der Waals surface area contributed by atoms with Crippen LogP contribution in [0.4, 0.5) is 0 Å². The molecule has 1 rings (SSSR count). The van der Waals surface area contributed by atoms with Crippen LogP contribution in [0.3, 0.4) is 0 Å². The minimum Gasteiger partial charge on any atom is -0.307 e. The lowest BCUT2D eigenvalue weighted by atomic mass is 9.93. The van der Waals surface area contributed by atoms with E-state index in [-0.39, 0.29) is 0 Å². The molecule has 13 heavy (non-hydrogen) atoms. The van der Waals surface area contributed by atoms with Crippen LogP contribution in [0.25, 0.3) is 0 Å². The summed E-state index contributed by atoms with van der Waals surface area (Å²) in [4.78, 5) is 0. The highest BCUT2D eigenvalue weighted by molar-refractivity contribution is 4.98. The largest absolute Gasteiger partial charge is 0.307 e. The molecule has 0 spiro atoms. The third kappa shape index (κ3) is 3.83. The van der Waals surface area contributed by atoms with E-state index in [1.165, 1.54) is 44.9 Å². The lowest BCUT2D eigenvalue weighted by Crippen LogP contribution is -2.26. The van der Waals surface area contributed by atoms with Crippen LogP contribution in [0.5, 0.6) is 0 Å². The van der Waals surface area contributed by atoms with Gasteiger partial charge in [-0.05, 0) is 19.4 Å². The number of terminal acetylenes is 1. The molecule has 74 valence electrons. The van der Waals surface area contributed by atoms with E-state index < -0.39 is 0 Å².